The highest BCUT2D eigenvalue weighted by Gasteiger charge is 2.24. The number of aryl methyl sites for hydroxylation is 1. The fourth-order valence-electron chi connectivity index (χ4n) is 3.15. The fourth-order valence-corrected chi connectivity index (χ4v) is 3.15. The van der Waals surface area contributed by atoms with Crippen LogP contribution in [0.25, 0.3) is 22.7 Å². The molecule has 1 saturated carbocycles. The molecule has 1 N–H and O–H groups in total. The van der Waals surface area contributed by atoms with E-state index in [9.17, 15) is 14.4 Å². The number of carbonyl (C=O) groups excluding carboxylic acids is 2. The molecule has 7 nitrogen and oxygen atoms in total. The summed E-state index contributed by atoms with van der Waals surface area (Å²) in [6.07, 6.45) is 6.36. The molecule has 0 saturated heterocycles. The van der Waals surface area contributed by atoms with Gasteiger partial charge in [0.25, 0.3) is 11.5 Å². The molecule has 0 atom stereocenters. The Hall–Kier alpha value is -3.74. The van der Waals surface area contributed by atoms with Crippen molar-refractivity contribution in [1.29, 1.82) is 0 Å². The summed E-state index contributed by atoms with van der Waals surface area (Å²) >= 11 is 0. The van der Waals surface area contributed by atoms with E-state index in [1.54, 1.807) is 36.4 Å². The van der Waals surface area contributed by atoms with Gasteiger partial charge in [0.05, 0.1) is 23.7 Å². The predicted octanol–water partition coefficient (Wildman–Crippen LogP) is 2.77. The average Bonchev–Trinajstić information content (AvgIpc) is 3.57. The second-order valence-corrected chi connectivity index (χ2v) is 7.30. The fraction of sp³-hybridized carbons (Fsp3) is 0.217. The van der Waals surface area contributed by atoms with Gasteiger partial charge in [-0.15, -0.1) is 0 Å². The second-order valence-electron chi connectivity index (χ2n) is 7.30. The molecule has 1 heterocycles. The minimum atomic E-state index is -0.476. The lowest BCUT2D eigenvalue weighted by molar-refractivity contribution is -0.134. The SMILES string of the molecule is COC(=O)C=Cc1ccc2ncn(-c3cc(C(=O)NC4CC4)ccc3C)c(=O)c2c1. The van der Waals surface area contributed by atoms with Crippen molar-refractivity contribution in [2.45, 2.75) is 25.8 Å². The minimum Gasteiger partial charge on any atom is -0.466 e. The molecular formula is C23H21N3O4. The minimum absolute atomic E-state index is 0.143. The molecular weight excluding hydrogens is 382 g/mol. The van der Waals surface area contributed by atoms with Crippen molar-refractivity contribution in [2.75, 3.05) is 7.11 Å². The van der Waals surface area contributed by atoms with Gasteiger partial charge in [-0.25, -0.2) is 9.78 Å². The Bertz CT molecular complexity index is 1240. The van der Waals surface area contributed by atoms with Gasteiger partial charge in [0, 0.05) is 17.7 Å². The highest BCUT2D eigenvalue weighted by Crippen LogP contribution is 2.21. The van der Waals surface area contributed by atoms with Crippen LogP contribution in [0.1, 0.15) is 34.3 Å². The zero-order valence-corrected chi connectivity index (χ0v) is 16.7. The maximum absolute atomic E-state index is 13.2. The van der Waals surface area contributed by atoms with Gasteiger partial charge in [-0.3, -0.25) is 14.2 Å². The van der Waals surface area contributed by atoms with Crippen molar-refractivity contribution in [3.05, 3.63) is 75.8 Å². The summed E-state index contributed by atoms with van der Waals surface area (Å²) in [5.74, 6) is -0.619. The summed E-state index contributed by atoms with van der Waals surface area (Å²) in [6.45, 7) is 1.88. The van der Waals surface area contributed by atoms with Crippen LogP contribution in [0.3, 0.4) is 0 Å². The Kier molecular flexibility index (Phi) is 5.18. The topological polar surface area (TPSA) is 90.3 Å². The Morgan fingerprint density at radius 3 is 2.73 bits per heavy atom. The maximum atomic E-state index is 13.2. The summed E-state index contributed by atoms with van der Waals surface area (Å²) in [6, 6.07) is 10.7. The van der Waals surface area contributed by atoms with Crippen molar-refractivity contribution in [3.63, 3.8) is 0 Å². The van der Waals surface area contributed by atoms with Gasteiger partial charge in [-0.1, -0.05) is 12.1 Å². The highest BCUT2D eigenvalue weighted by molar-refractivity contribution is 5.95. The van der Waals surface area contributed by atoms with Crippen LogP contribution in [0.15, 0.2) is 53.6 Å². The van der Waals surface area contributed by atoms with E-state index in [1.807, 2.05) is 13.0 Å². The third-order valence-electron chi connectivity index (χ3n) is 5.04. The number of aromatic nitrogens is 2. The molecule has 0 spiro atoms. The first-order valence-electron chi connectivity index (χ1n) is 9.65. The number of methoxy groups -OCH3 is 1. The maximum Gasteiger partial charge on any atom is 0.330 e. The van der Waals surface area contributed by atoms with E-state index in [0.717, 1.165) is 18.4 Å². The summed E-state index contributed by atoms with van der Waals surface area (Å²) in [7, 11) is 1.30. The molecule has 1 aromatic heterocycles. The van der Waals surface area contributed by atoms with E-state index in [1.165, 1.54) is 24.1 Å². The number of nitrogens with zero attached hydrogens (tertiary/aromatic N) is 2. The van der Waals surface area contributed by atoms with Crippen molar-refractivity contribution < 1.29 is 14.3 Å². The van der Waals surface area contributed by atoms with E-state index in [4.69, 9.17) is 0 Å². The van der Waals surface area contributed by atoms with Crippen LogP contribution in [-0.2, 0) is 9.53 Å². The van der Waals surface area contributed by atoms with Gasteiger partial charge in [0.15, 0.2) is 0 Å². The van der Waals surface area contributed by atoms with E-state index in [-0.39, 0.29) is 17.5 Å². The van der Waals surface area contributed by atoms with Gasteiger partial charge in [0.1, 0.15) is 6.33 Å². The first-order valence-corrected chi connectivity index (χ1v) is 9.65. The molecule has 152 valence electrons. The summed E-state index contributed by atoms with van der Waals surface area (Å²) in [4.78, 5) is 41.3. The first-order chi connectivity index (χ1) is 14.5. The van der Waals surface area contributed by atoms with Crippen LogP contribution in [0.4, 0.5) is 0 Å². The molecule has 1 aliphatic rings. The Morgan fingerprint density at radius 2 is 2.00 bits per heavy atom. The number of hydrogen-bond acceptors (Lipinski definition) is 5. The van der Waals surface area contributed by atoms with Crippen LogP contribution in [-0.4, -0.2) is 34.6 Å². The van der Waals surface area contributed by atoms with Crippen molar-refractivity contribution >= 4 is 28.9 Å². The van der Waals surface area contributed by atoms with E-state index < -0.39 is 5.97 Å². The number of rotatable bonds is 5. The number of ether oxygens (including phenoxy) is 1. The van der Waals surface area contributed by atoms with E-state index >= 15 is 0 Å². The molecule has 4 rings (SSSR count). The van der Waals surface area contributed by atoms with Crippen LogP contribution in [0.2, 0.25) is 0 Å². The monoisotopic (exact) mass is 403 g/mol. The van der Waals surface area contributed by atoms with Crippen molar-refractivity contribution in [3.8, 4) is 5.69 Å². The molecule has 2 aromatic carbocycles. The summed E-state index contributed by atoms with van der Waals surface area (Å²) in [5, 5.41) is 3.37. The second kappa shape index (κ2) is 7.94. The number of nitrogens with one attached hydrogen (secondary N) is 1. The molecule has 7 heteroatoms. The zero-order valence-electron chi connectivity index (χ0n) is 16.7. The number of esters is 1. The summed E-state index contributed by atoms with van der Waals surface area (Å²) in [5.41, 5.74) is 2.93. The largest absolute Gasteiger partial charge is 0.466 e. The van der Waals surface area contributed by atoms with Crippen molar-refractivity contribution in [2.24, 2.45) is 0 Å². The predicted molar refractivity (Wildman–Crippen MR) is 114 cm³/mol. The van der Waals surface area contributed by atoms with Crippen molar-refractivity contribution in [1.82, 2.24) is 14.9 Å². The zero-order chi connectivity index (χ0) is 21.3. The lowest BCUT2D eigenvalue weighted by Gasteiger charge is -2.12. The lowest BCUT2D eigenvalue weighted by atomic mass is 10.1. The lowest BCUT2D eigenvalue weighted by Crippen LogP contribution is -2.26. The third-order valence-corrected chi connectivity index (χ3v) is 5.04. The van der Waals surface area contributed by atoms with Gasteiger partial charge < -0.3 is 10.1 Å². The van der Waals surface area contributed by atoms with Crippen LogP contribution in [0, 0.1) is 6.92 Å². The standard InChI is InChI=1S/C23H21N3O4/c1-14-3-6-16(22(28)25-17-7-8-17)12-20(14)26-13-24-19-9-4-15(5-10-21(27)30-2)11-18(19)23(26)29/h3-6,9-13,17H,7-8H2,1-2H3,(H,25,28). The molecule has 1 aliphatic carbocycles. The molecule has 3 aromatic rings. The van der Waals surface area contributed by atoms with Gasteiger partial charge in [-0.2, -0.15) is 0 Å². The Labute approximate surface area is 173 Å². The van der Waals surface area contributed by atoms with E-state index in [0.29, 0.717) is 27.7 Å². The molecule has 0 bridgehead atoms. The molecule has 0 radical (unpaired) electrons. The molecule has 1 amide bonds. The average molecular weight is 403 g/mol. The Morgan fingerprint density at radius 1 is 1.20 bits per heavy atom. The van der Waals surface area contributed by atoms with Gasteiger partial charge >= 0.3 is 5.97 Å². The molecule has 1 fully saturated rings. The number of carbonyl (C=O) groups is 2. The number of fused-ring (bicyclic) bond motifs is 1. The van der Waals surface area contributed by atoms with Gasteiger partial charge in [0.2, 0.25) is 0 Å². The quantitative estimate of drug-likeness (QED) is 0.523. The van der Waals surface area contributed by atoms with Crippen LogP contribution in [0.5, 0.6) is 0 Å². The summed E-state index contributed by atoms with van der Waals surface area (Å²) < 4.78 is 6.04. The molecule has 30 heavy (non-hydrogen) atoms. The van der Waals surface area contributed by atoms with Gasteiger partial charge in [-0.05, 0) is 61.2 Å². The number of amides is 1. The normalized spacial score (nSPS) is 13.5. The molecule has 0 unspecified atom stereocenters. The number of benzene rings is 2. The Balaban J connectivity index is 1.76. The number of hydrogen-bond donors (Lipinski definition) is 1. The first kappa shape index (κ1) is 19.6. The van der Waals surface area contributed by atoms with Crippen LogP contribution < -0.4 is 10.9 Å². The van der Waals surface area contributed by atoms with E-state index in [2.05, 4.69) is 15.0 Å². The molecule has 0 aliphatic heterocycles. The highest BCUT2D eigenvalue weighted by atomic mass is 16.5. The smallest absolute Gasteiger partial charge is 0.330 e. The van der Waals surface area contributed by atoms with Crippen LogP contribution >= 0.6 is 0 Å². The third kappa shape index (κ3) is 4.00.